The molecule has 1 unspecified atom stereocenters. The highest BCUT2D eigenvalue weighted by Gasteiger charge is 2.29. The Morgan fingerprint density at radius 2 is 1.88 bits per heavy atom. The predicted octanol–water partition coefficient (Wildman–Crippen LogP) is 3.96. The minimum Gasteiger partial charge on any atom is -0.493 e. The lowest BCUT2D eigenvalue weighted by Crippen LogP contribution is -2.45. The van der Waals surface area contributed by atoms with Gasteiger partial charge in [-0.25, -0.2) is 0 Å². The molecule has 0 saturated carbocycles. The molecule has 1 atom stereocenters. The molecule has 0 aromatic heterocycles. The summed E-state index contributed by atoms with van der Waals surface area (Å²) in [5, 5.41) is 0. The number of likely N-dealkylation sites (tertiary alicyclic amines) is 2. The summed E-state index contributed by atoms with van der Waals surface area (Å²) in [5.41, 5.74) is 0.726. The third kappa shape index (κ3) is 4.75. The molecule has 0 aliphatic carbocycles. The summed E-state index contributed by atoms with van der Waals surface area (Å²) in [6.45, 7) is 7.21. The van der Waals surface area contributed by atoms with Crippen molar-refractivity contribution >= 4 is 5.91 Å². The Bertz CT molecular complexity index is 555. The van der Waals surface area contributed by atoms with E-state index in [1.54, 1.807) is 0 Å². The van der Waals surface area contributed by atoms with Crippen LogP contribution in [0.4, 0.5) is 0 Å². The minimum atomic E-state index is 0.151. The Kier molecular flexibility index (Phi) is 6.74. The summed E-state index contributed by atoms with van der Waals surface area (Å²) in [5.74, 6) is 0.885. The SMILES string of the molecule is CCCOc1ccccc1C(=O)N1CCCCC1CCN1CCCC1. The number of carbonyl (C=O) groups excluding carboxylic acids is 1. The molecule has 0 spiro atoms. The summed E-state index contributed by atoms with van der Waals surface area (Å²) in [4.78, 5) is 17.9. The number of amides is 1. The number of hydrogen-bond donors (Lipinski definition) is 0. The zero-order valence-electron chi connectivity index (χ0n) is 15.6. The Morgan fingerprint density at radius 3 is 2.68 bits per heavy atom. The molecule has 4 nitrogen and oxygen atoms in total. The first-order valence-electron chi connectivity index (χ1n) is 10.0. The van der Waals surface area contributed by atoms with E-state index < -0.39 is 0 Å². The number of hydrogen-bond acceptors (Lipinski definition) is 3. The van der Waals surface area contributed by atoms with Gasteiger partial charge in [-0.2, -0.15) is 0 Å². The van der Waals surface area contributed by atoms with Crippen molar-refractivity contribution in [3.05, 3.63) is 29.8 Å². The molecule has 2 fully saturated rings. The second-order valence-electron chi connectivity index (χ2n) is 7.33. The highest BCUT2D eigenvalue weighted by atomic mass is 16.5. The van der Waals surface area contributed by atoms with Crippen molar-refractivity contribution in [1.29, 1.82) is 0 Å². The molecule has 138 valence electrons. The molecule has 2 aliphatic rings. The molecular weight excluding hydrogens is 312 g/mol. The summed E-state index contributed by atoms with van der Waals surface area (Å²) in [6, 6.07) is 8.10. The van der Waals surface area contributed by atoms with E-state index in [2.05, 4.69) is 16.7 Å². The fraction of sp³-hybridized carbons (Fsp3) is 0.667. The molecule has 4 heteroatoms. The van der Waals surface area contributed by atoms with Crippen molar-refractivity contribution in [2.45, 2.75) is 57.9 Å². The standard InChI is InChI=1S/C21H32N2O2/c1-2-17-25-20-11-4-3-10-19(20)21(24)23-15-6-5-9-18(23)12-16-22-13-7-8-14-22/h3-4,10-11,18H,2,5-9,12-17H2,1H3. The van der Waals surface area contributed by atoms with Gasteiger partial charge in [0.05, 0.1) is 12.2 Å². The van der Waals surface area contributed by atoms with E-state index in [1.165, 1.54) is 32.4 Å². The Labute approximate surface area is 152 Å². The molecule has 0 N–H and O–H groups in total. The third-order valence-corrected chi connectivity index (χ3v) is 5.44. The molecular formula is C21H32N2O2. The van der Waals surface area contributed by atoms with E-state index in [1.807, 2.05) is 24.3 Å². The molecule has 1 amide bonds. The molecule has 25 heavy (non-hydrogen) atoms. The lowest BCUT2D eigenvalue weighted by Gasteiger charge is -2.37. The van der Waals surface area contributed by atoms with Gasteiger partial charge in [-0.1, -0.05) is 19.1 Å². The maximum Gasteiger partial charge on any atom is 0.257 e. The van der Waals surface area contributed by atoms with Gasteiger partial charge in [0.15, 0.2) is 0 Å². The molecule has 0 radical (unpaired) electrons. The summed E-state index contributed by atoms with van der Waals surface area (Å²) < 4.78 is 5.82. The number of piperidine rings is 1. The Hall–Kier alpha value is -1.55. The summed E-state index contributed by atoms with van der Waals surface area (Å²) in [7, 11) is 0. The van der Waals surface area contributed by atoms with E-state index in [4.69, 9.17) is 4.74 Å². The Balaban J connectivity index is 1.67. The third-order valence-electron chi connectivity index (χ3n) is 5.44. The van der Waals surface area contributed by atoms with Crippen LogP contribution >= 0.6 is 0 Å². The van der Waals surface area contributed by atoms with E-state index in [9.17, 15) is 4.79 Å². The van der Waals surface area contributed by atoms with Crippen LogP contribution in [0.1, 0.15) is 62.2 Å². The Morgan fingerprint density at radius 1 is 1.12 bits per heavy atom. The average molecular weight is 344 g/mol. The van der Waals surface area contributed by atoms with E-state index >= 15 is 0 Å². The van der Waals surface area contributed by atoms with Crippen LogP contribution in [-0.4, -0.2) is 54.5 Å². The fourth-order valence-corrected chi connectivity index (χ4v) is 4.04. The van der Waals surface area contributed by atoms with Crippen LogP contribution in [0.3, 0.4) is 0 Å². The summed E-state index contributed by atoms with van der Waals surface area (Å²) >= 11 is 0. The molecule has 2 aliphatic heterocycles. The number of carbonyl (C=O) groups is 1. The van der Waals surface area contributed by atoms with Crippen LogP contribution < -0.4 is 4.74 Å². The van der Waals surface area contributed by atoms with Crippen molar-refractivity contribution in [3.8, 4) is 5.75 Å². The first-order chi connectivity index (χ1) is 12.3. The zero-order chi connectivity index (χ0) is 17.5. The minimum absolute atomic E-state index is 0.151. The van der Waals surface area contributed by atoms with Crippen LogP contribution in [0.15, 0.2) is 24.3 Å². The first kappa shape index (κ1) is 18.2. The number of nitrogens with zero attached hydrogens (tertiary/aromatic N) is 2. The normalized spacial score (nSPS) is 21.5. The molecule has 3 rings (SSSR count). The van der Waals surface area contributed by atoms with Crippen molar-refractivity contribution in [2.75, 3.05) is 32.8 Å². The van der Waals surface area contributed by atoms with E-state index in [-0.39, 0.29) is 5.91 Å². The highest BCUT2D eigenvalue weighted by Crippen LogP contribution is 2.26. The smallest absolute Gasteiger partial charge is 0.257 e. The first-order valence-corrected chi connectivity index (χ1v) is 10.0. The second-order valence-corrected chi connectivity index (χ2v) is 7.33. The number of ether oxygens (including phenoxy) is 1. The lowest BCUT2D eigenvalue weighted by atomic mass is 9.97. The van der Waals surface area contributed by atoms with Gasteiger partial charge in [-0.15, -0.1) is 0 Å². The predicted molar refractivity (Wildman–Crippen MR) is 101 cm³/mol. The lowest BCUT2D eigenvalue weighted by molar-refractivity contribution is 0.0583. The van der Waals surface area contributed by atoms with Crippen molar-refractivity contribution < 1.29 is 9.53 Å². The maximum absolute atomic E-state index is 13.2. The monoisotopic (exact) mass is 344 g/mol. The maximum atomic E-state index is 13.2. The van der Waals surface area contributed by atoms with Crippen molar-refractivity contribution in [2.24, 2.45) is 0 Å². The second kappa shape index (κ2) is 9.23. The quantitative estimate of drug-likeness (QED) is 0.751. The number of para-hydroxylation sites is 1. The van der Waals surface area contributed by atoms with Gasteiger partial charge >= 0.3 is 0 Å². The summed E-state index contributed by atoms with van der Waals surface area (Å²) in [6.07, 6.45) is 8.20. The fourth-order valence-electron chi connectivity index (χ4n) is 4.04. The van der Waals surface area contributed by atoms with Gasteiger partial charge in [0.25, 0.3) is 5.91 Å². The molecule has 2 saturated heterocycles. The van der Waals surface area contributed by atoms with Gasteiger partial charge in [0, 0.05) is 19.1 Å². The number of benzene rings is 1. The van der Waals surface area contributed by atoms with Gasteiger partial charge in [-0.05, 0) is 70.2 Å². The van der Waals surface area contributed by atoms with Crippen LogP contribution in [0.2, 0.25) is 0 Å². The highest BCUT2D eigenvalue weighted by molar-refractivity contribution is 5.97. The molecule has 1 aromatic carbocycles. The van der Waals surface area contributed by atoms with Gasteiger partial charge in [0.2, 0.25) is 0 Å². The van der Waals surface area contributed by atoms with Crippen LogP contribution in [0.5, 0.6) is 5.75 Å². The number of rotatable bonds is 7. The van der Waals surface area contributed by atoms with Crippen molar-refractivity contribution in [1.82, 2.24) is 9.80 Å². The topological polar surface area (TPSA) is 32.8 Å². The largest absolute Gasteiger partial charge is 0.493 e. The van der Waals surface area contributed by atoms with Gasteiger partial charge < -0.3 is 14.5 Å². The van der Waals surface area contributed by atoms with E-state index in [0.717, 1.165) is 50.1 Å². The van der Waals surface area contributed by atoms with E-state index in [0.29, 0.717) is 12.6 Å². The van der Waals surface area contributed by atoms with Gasteiger partial charge in [-0.3, -0.25) is 4.79 Å². The average Bonchev–Trinajstić information content (AvgIpc) is 3.18. The van der Waals surface area contributed by atoms with Crippen LogP contribution in [-0.2, 0) is 0 Å². The van der Waals surface area contributed by atoms with Crippen LogP contribution in [0, 0.1) is 0 Å². The van der Waals surface area contributed by atoms with Crippen molar-refractivity contribution in [3.63, 3.8) is 0 Å². The molecule has 1 aromatic rings. The zero-order valence-corrected chi connectivity index (χ0v) is 15.6. The molecule has 0 bridgehead atoms. The molecule has 2 heterocycles. The van der Waals surface area contributed by atoms with Crippen LogP contribution in [0.25, 0.3) is 0 Å². The van der Waals surface area contributed by atoms with Gasteiger partial charge in [0.1, 0.15) is 5.75 Å².